The normalized spacial score (nSPS) is 13.0. The van der Waals surface area contributed by atoms with Gasteiger partial charge in [0.1, 0.15) is 5.82 Å². The smallest absolute Gasteiger partial charge is 0.123 e. The van der Waals surface area contributed by atoms with Crippen molar-refractivity contribution in [2.75, 3.05) is 7.05 Å². The van der Waals surface area contributed by atoms with Crippen molar-refractivity contribution in [3.63, 3.8) is 0 Å². The molecule has 1 nitrogen and oxygen atoms in total. The average Bonchev–Trinajstić information content (AvgIpc) is 1.93. The van der Waals surface area contributed by atoms with Gasteiger partial charge < -0.3 is 4.90 Å². The Labute approximate surface area is 66.5 Å². The molecule has 0 aromatic heterocycles. The van der Waals surface area contributed by atoms with Crippen molar-refractivity contribution < 1.29 is 9.29 Å². The third kappa shape index (κ3) is 2.68. The van der Waals surface area contributed by atoms with Crippen LogP contribution in [0.3, 0.4) is 0 Å². The first-order valence-corrected chi connectivity index (χ1v) is 3.57. The van der Waals surface area contributed by atoms with Crippen LogP contribution >= 0.6 is 0 Å². The van der Waals surface area contributed by atoms with Crippen molar-refractivity contribution in [3.05, 3.63) is 42.7 Å². The quantitative estimate of drug-likeness (QED) is 0.594. The Morgan fingerprint density at radius 3 is 2.36 bits per heavy atom. The molecule has 0 aliphatic rings. The zero-order valence-corrected chi connectivity index (χ0v) is 6.60. The van der Waals surface area contributed by atoms with E-state index in [1.54, 1.807) is 12.1 Å². The molecule has 11 heavy (non-hydrogen) atoms. The molecule has 1 aromatic carbocycles. The molecular formula is C9H12FN. The number of hydrogen-bond acceptors (Lipinski definition) is 0. The minimum atomic E-state index is -0.185. The van der Waals surface area contributed by atoms with Crippen LogP contribution in [-0.2, 0) is 6.54 Å². The number of quaternary nitrogens is 1. The first-order valence-electron chi connectivity index (χ1n) is 3.57. The number of rotatable bonds is 2. The van der Waals surface area contributed by atoms with E-state index in [1.165, 1.54) is 12.1 Å². The van der Waals surface area contributed by atoms with Gasteiger partial charge in [-0.2, -0.15) is 7.05 Å². The molecule has 0 heterocycles. The lowest BCUT2D eigenvalue weighted by atomic mass is 10.2. The Bertz CT molecular complexity index is 216. The average molecular weight is 153 g/mol. The molecule has 1 rings (SSSR count). The standard InChI is InChI=1S/C9H12FN/c1-11(2)7-8-3-5-9(10)6-4-8/h3-6,11H,1,7H2,2H3. The number of halogens is 1. The molecule has 2 heteroatoms. The highest BCUT2D eigenvalue weighted by Gasteiger charge is 1.94. The Hall–Kier alpha value is -0.890. The van der Waals surface area contributed by atoms with E-state index >= 15 is 0 Å². The summed E-state index contributed by atoms with van der Waals surface area (Å²) in [6.45, 7) is 0.834. The SMILES string of the molecule is [CH2-][NH+](C)Cc1ccc(F)cc1. The van der Waals surface area contributed by atoms with Crippen LogP contribution in [0, 0.1) is 12.9 Å². The van der Waals surface area contributed by atoms with E-state index in [0.717, 1.165) is 17.0 Å². The number of nitrogens with one attached hydrogen (secondary N) is 1. The highest BCUT2D eigenvalue weighted by molar-refractivity contribution is 5.14. The van der Waals surface area contributed by atoms with E-state index in [1.807, 2.05) is 7.05 Å². The second-order valence-electron chi connectivity index (χ2n) is 2.76. The monoisotopic (exact) mass is 153 g/mol. The van der Waals surface area contributed by atoms with Gasteiger partial charge in [-0.1, -0.05) is 12.1 Å². The summed E-state index contributed by atoms with van der Waals surface area (Å²) in [5.74, 6) is -0.185. The second kappa shape index (κ2) is 3.49. The van der Waals surface area contributed by atoms with Gasteiger partial charge in [0.25, 0.3) is 0 Å². The topological polar surface area (TPSA) is 4.44 Å². The summed E-state index contributed by atoms with van der Waals surface area (Å²) in [5, 5.41) is 0. The van der Waals surface area contributed by atoms with Crippen molar-refractivity contribution in [1.82, 2.24) is 0 Å². The summed E-state index contributed by atoms with van der Waals surface area (Å²) in [5.41, 5.74) is 1.11. The summed E-state index contributed by atoms with van der Waals surface area (Å²) in [7, 11) is 5.74. The van der Waals surface area contributed by atoms with Crippen molar-refractivity contribution in [3.8, 4) is 0 Å². The fraction of sp³-hybridized carbons (Fsp3) is 0.222. The van der Waals surface area contributed by atoms with Crippen LogP contribution in [0.2, 0.25) is 0 Å². The lowest BCUT2D eigenvalue weighted by Gasteiger charge is -2.13. The molecule has 0 fully saturated rings. The molecule has 0 aliphatic heterocycles. The molecule has 60 valence electrons. The van der Waals surface area contributed by atoms with Crippen molar-refractivity contribution in [1.29, 1.82) is 0 Å². The van der Waals surface area contributed by atoms with Gasteiger partial charge in [-0.05, 0) is 12.1 Å². The minimum absolute atomic E-state index is 0.185. The van der Waals surface area contributed by atoms with Crippen LogP contribution in [0.4, 0.5) is 4.39 Å². The van der Waals surface area contributed by atoms with Crippen molar-refractivity contribution in [2.24, 2.45) is 0 Å². The van der Waals surface area contributed by atoms with Crippen molar-refractivity contribution in [2.45, 2.75) is 6.54 Å². The molecule has 1 unspecified atom stereocenters. The summed E-state index contributed by atoms with van der Waals surface area (Å²) in [6, 6.07) is 6.50. The predicted octanol–water partition coefficient (Wildman–Crippen LogP) is 0.632. The first-order chi connectivity index (χ1) is 5.18. The lowest BCUT2D eigenvalue weighted by Crippen LogP contribution is -3.01. The molecule has 1 aromatic rings. The molecule has 0 bridgehead atoms. The predicted molar refractivity (Wildman–Crippen MR) is 42.3 cm³/mol. The molecule has 0 radical (unpaired) electrons. The number of hydrogen-bond donors (Lipinski definition) is 1. The molecule has 0 aliphatic carbocycles. The number of benzene rings is 1. The van der Waals surface area contributed by atoms with Gasteiger partial charge in [-0.25, -0.2) is 4.39 Å². The van der Waals surface area contributed by atoms with Crippen LogP contribution in [0.25, 0.3) is 0 Å². The molecule has 1 atom stereocenters. The van der Waals surface area contributed by atoms with Crippen LogP contribution in [0.1, 0.15) is 5.56 Å². The maximum absolute atomic E-state index is 12.4. The van der Waals surface area contributed by atoms with E-state index in [-0.39, 0.29) is 5.82 Å². The minimum Gasteiger partial charge on any atom is -0.467 e. The van der Waals surface area contributed by atoms with E-state index in [9.17, 15) is 4.39 Å². The Morgan fingerprint density at radius 2 is 1.91 bits per heavy atom. The van der Waals surface area contributed by atoms with Gasteiger partial charge in [-0.3, -0.25) is 0 Å². The molecule has 0 saturated carbocycles. The fourth-order valence-electron chi connectivity index (χ4n) is 0.951. The maximum atomic E-state index is 12.4. The Kier molecular flexibility index (Phi) is 2.60. The van der Waals surface area contributed by atoms with Gasteiger partial charge in [0.15, 0.2) is 0 Å². The Balaban J connectivity index is 2.66. The van der Waals surface area contributed by atoms with Gasteiger partial charge in [0.2, 0.25) is 0 Å². The zero-order chi connectivity index (χ0) is 8.27. The second-order valence-corrected chi connectivity index (χ2v) is 2.76. The maximum Gasteiger partial charge on any atom is 0.123 e. The molecule has 0 spiro atoms. The van der Waals surface area contributed by atoms with E-state index in [4.69, 9.17) is 0 Å². The lowest BCUT2D eigenvalue weighted by molar-refractivity contribution is -0.846. The Morgan fingerprint density at radius 1 is 1.36 bits per heavy atom. The van der Waals surface area contributed by atoms with Crippen LogP contribution in [0.5, 0.6) is 0 Å². The third-order valence-electron chi connectivity index (χ3n) is 1.42. The van der Waals surface area contributed by atoms with Crippen LogP contribution < -0.4 is 4.90 Å². The summed E-state index contributed by atoms with van der Waals surface area (Å²) in [6.07, 6.45) is 0. The van der Waals surface area contributed by atoms with E-state index in [0.29, 0.717) is 0 Å². The molecular weight excluding hydrogens is 141 g/mol. The third-order valence-corrected chi connectivity index (χ3v) is 1.42. The van der Waals surface area contributed by atoms with Gasteiger partial charge >= 0.3 is 0 Å². The first kappa shape index (κ1) is 8.21. The highest BCUT2D eigenvalue weighted by Crippen LogP contribution is 2.00. The summed E-state index contributed by atoms with van der Waals surface area (Å²) < 4.78 is 12.4. The van der Waals surface area contributed by atoms with E-state index in [2.05, 4.69) is 7.05 Å². The fourth-order valence-corrected chi connectivity index (χ4v) is 0.951. The molecule has 0 amide bonds. The van der Waals surface area contributed by atoms with Gasteiger partial charge in [0.05, 0.1) is 6.54 Å². The highest BCUT2D eigenvalue weighted by atomic mass is 19.1. The van der Waals surface area contributed by atoms with Gasteiger partial charge in [-0.15, -0.1) is 0 Å². The summed E-state index contributed by atoms with van der Waals surface area (Å²) >= 11 is 0. The van der Waals surface area contributed by atoms with Crippen LogP contribution in [0.15, 0.2) is 24.3 Å². The van der Waals surface area contributed by atoms with Gasteiger partial charge in [0, 0.05) is 12.6 Å². The van der Waals surface area contributed by atoms with Crippen molar-refractivity contribution >= 4 is 0 Å². The van der Waals surface area contributed by atoms with Crippen LogP contribution in [-0.4, -0.2) is 7.05 Å². The van der Waals surface area contributed by atoms with E-state index < -0.39 is 0 Å². The largest absolute Gasteiger partial charge is 0.467 e. The molecule has 1 N–H and O–H groups in total. The zero-order valence-electron chi connectivity index (χ0n) is 6.60. The summed E-state index contributed by atoms with van der Waals surface area (Å²) in [4.78, 5) is 1.09. The molecule has 0 saturated heterocycles.